The molecule has 0 aliphatic rings. The molecular weight excluding hydrogens is 454 g/mol. The molecule has 2 aromatic carbocycles. The van der Waals surface area contributed by atoms with Crippen molar-refractivity contribution in [1.82, 2.24) is 9.88 Å². The SMILES string of the molecule is CCOc1ccc2[nH]c(=O)c(CN(Cc3cccs3)C(=S)Nc3ccccc3OC)cc2c1. The zero-order valence-corrected chi connectivity index (χ0v) is 20.1. The Bertz CT molecular complexity index is 1300. The predicted octanol–water partition coefficient (Wildman–Crippen LogP) is 5.40. The highest BCUT2D eigenvalue weighted by Gasteiger charge is 2.16. The van der Waals surface area contributed by atoms with E-state index in [1.807, 2.05) is 71.8 Å². The largest absolute Gasteiger partial charge is 0.495 e. The van der Waals surface area contributed by atoms with E-state index in [-0.39, 0.29) is 5.56 Å². The van der Waals surface area contributed by atoms with Gasteiger partial charge in [-0.1, -0.05) is 18.2 Å². The minimum absolute atomic E-state index is 0.136. The Morgan fingerprint density at radius 2 is 1.97 bits per heavy atom. The van der Waals surface area contributed by atoms with Gasteiger partial charge in [0, 0.05) is 21.3 Å². The predicted molar refractivity (Wildman–Crippen MR) is 139 cm³/mol. The number of nitrogens with one attached hydrogen (secondary N) is 2. The van der Waals surface area contributed by atoms with Crippen molar-refractivity contribution in [2.75, 3.05) is 19.0 Å². The Kier molecular flexibility index (Phi) is 7.26. The number of rotatable bonds is 8. The molecule has 0 fully saturated rings. The second-order valence-corrected chi connectivity index (χ2v) is 8.79. The molecule has 0 saturated carbocycles. The molecule has 4 rings (SSSR count). The van der Waals surface area contributed by atoms with Crippen molar-refractivity contribution in [2.45, 2.75) is 20.0 Å². The fourth-order valence-electron chi connectivity index (χ4n) is 3.54. The van der Waals surface area contributed by atoms with Crippen molar-refractivity contribution in [2.24, 2.45) is 0 Å². The number of aromatic nitrogens is 1. The molecule has 2 N–H and O–H groups in total. The number of thiophene rings is 1. The summed E-state index contributed by atoms with van der Waals surface area (Å²) >= 11 is 7.41. The summed E-state index contributed by atoms with van der Waals surface area (Å²) in [6.07, 6.45) is 0. The van der Waals surface area contributed by atoms with Crippen LogP contribution in [0, 0.1) is 0 Å². The second-order valence-electron chi connectivity index (χ2n) is 7.37. The van der Waals surface area contributed by atoms with Crippen LogP contribution in [0.4, 0.5) is 5.69 Å². The van der Waals surface area contributed by atoms with Gasteiger partial charge in [-0.15, -0.1) is 11.3 Å². The first-order chi connectivity index (χ1) is 16.1. The molecule has 0 atom stereocenters. The highest BCUT2D eigenvalue weighted by atomic mass is 32.1. The van der Waals surface area contributed by atoms with Gasteiger partial charge < -0.3 is 24.7 Å². The van der Waals surface area contributed by atoms with Crippen LogP contribution in [0.3, 0.4) is 0 Å². The normalized spacial score (nSPS) is 10.7. The van der Waals surface area contributed by atoms with Crippen molar-refractivity contribution in [3.8, 4) is 11.5 Å². The maximum Gasteiger partial charge on any atom is 0.253 e. The lowest BCUT2D eigenvalue weighted by atomic mass is 10.1. The standard InChI is InChI=1S/C25H25N3O3S2/c1-3-31-19-10-11-21-17(14-19)13-18(24(29)26-21)15-28(16-20-7-6-12-33-20)25(32)27-22-8-4-5-9-23(22)30-2/h4-14H,3,15-16H2,1-2H3,(H,26,29)(H,27,32). The third kappa shape index (κ3) is 5.53. The highest BCUT2D eigenvalue weighted by molar-refractivity contribution is 7.80. The van der Waals surface area contributed by atoms with E-state index in [2.05, 4.69) is 16.4 Å². The second kappa shape index (κ2) is 10.5. The number of anilines is 1. The van der Waals surface area contributed by atoms with Crippen molar-refractivity contribution >= 4 is 45.3 Å². The van der Waals surface area contributed by atoms with E-state index >= 15 is 0 Å². The first-order valence-corrected chi connectivity index (χ1v) is 11.9. The van der Waals surface area contributed by atoms with Gasteiger partial charge in [-0.25, -0.2) is 0 Å². The number of methoxy groups -OCH3 is 1. The quantitative estimate of drug-likeness (QED) is 0.330. The van der Waals surface area contributed by atoms with E-state index < -0.39 is 0 Å². The van der Waals surface area contributed by atoms with E-state index in [1.165, 1.54) is 0 Å². The fourth-order valence-corrected chi connectivity index (χ4v) is 4.50. The van der Waals surface area contributed by atoms with Gasteiger partial charge in [-0.3, -0.25) is 4.79 Å². The van der Waals surface area contributed by atoms with Crippen LogP contribution in [0.15, 0.2) is 70.8 Å². The number of fused-ring (bicyclic) bond motifs is 1. The average molecular weight is 480 g/mol. The van der Waals surface area contributed by atoms with Gasteiger partial charge in [-0.05, 0) is 67.0 Å². The van der Waals surface area contributed by atoms with Crippen molar-refractivity contribution < 1.29 is 9.47 Å². The Morgan fingerprint density at radius 3 is 2.73 bits per heavy atom. The third-order valence-corrected chi connectivity index (χ3v) is 6.35. The average Bonchev–Trinajstić information content (AvgIpc) is 3.33. The summed E-state index contributed by atoms with van der Waals surface area (Å²) in [5, 5.41) is 6.73. The lowest BCUT2D eigenvalue weighted by molar-refractivity contribution is 0.340. The topological polar surface area (TPSA) is 66.6 Å². The molecule has 4 aromatic rings. The summed E-state index contributed by atoms with van der Waals surface area (Å²) in [6, 6.07) is 19.2. The molecule has 0 radical (unpaired) electrons. The van der Waals surface area contributed by atoms with Crippen LogP contribution in [-0.4, -0.2) is 28.7 Å². The number of benzene rings is 2. The summed E-state index contributed by atoms with van der Waals surface area (Å²) in [4.78, 5) is 19.0. The van der Waals surface area contributed by atoms with Crippen LogP contribution in [-0.2, 0) is 13.1 Å². The van der Waals surface area contributed by atoms with E-state index in [1.54, 1.807) is 18.4 Å². The van der Waals surface area contributed by atoms with Crippen LogP contribution in [0.2, 0.25) is 0 Å². The maximum atomic E-state index is 12.9. The maximum absolute atomic E-state index is 12.9. The summed E-state index contributed by atoms with van der Waals surface area (Å²) in [5.74, 6) is 1.47. The Hall–Kier alpha value is -3.36. The van der Waals surface area contributed by atoms with E-state index in [9.17, 15) is 4.79 Å². The molecule has 8 heteroatoms. The number of nitrogens with zero attached hydrogens (tertiary/aromatic N) is 1. The molecule has 0 saturated heterocycles. The van der Waals surface area contributed by atoms with Crippen LogP contribution in [0.25, 0.3) is 10.9 Å². The Morgan fingerprint density at radius 1 is 1.12 bits per heavy atom. The number of ether oxygens (including phenoxy) is 2. The summed E-state index contributed by atoms with van der Waals surface area (Å²) in [7, 11) is 1.62. The molecule has 170 valence electrons. The van der Waals surface area contributed by atoms with Crippen LogP contribution in [0.1, 0.15) is 17.4 Å². The van der Waals surface area contributed by atoms with Crippen LogP contribution < -0.4 is 20.3 Å². The zero-order valence-electron chi connectivity index (χ0n) is 18.5. The number of pyridine rings is 1. The molecule has 6 nitrogen and oxygen atoms in total. The molecule has 0 aliphatic heterocycles. The van der Waals surface area contributed by atoms with E-state index in [0.29, 0.717) is 36.1 Å². The molecule has 33 heavy (non-hydrogen) atoms. The summed E-state index contributed by atoms with van der Waals surface area (Å²) < 4.78 is 11.1. The lowest BCUT2D eigenvalue weighted by Gasteiger charge is -2.26. The molecule has 0 spiro atoms. The molecule has 0 amide bonds. The minimum atomic E-state index is -0.136. The van der Waals surface area contributed by atoms with Gasteiger partial charge in [0.25, 0.3) is 5.56 Å². The van der Waals surface area contributed by atoms with E-state index in [4.69, 9.17) is 21.7 Å². The number of H-pyrrole nitrogens is 1. The number of aromatic amines is 1. The number of hydrogen-bond donors (Lipinski definition) is 2. The molecule has 2 heterocycles. The summed E-state index contributed by atoms with van der Waals surface area (Å²) in [5.41, 5.74) is 2.03. The van der Waals surface area contributed by atoms with Gasteiger partial charge in [-0.2, -0.15) is 0 Å². The van der Waals surface area contributed by atoms with Crippen molar-refractivity contribution in [1.29, 1.82) is 0 Å². The van der Waals surface area contributed by atoms with Gasteiger partial charge >= 0.3 is 0 Å². The fraction of sp³-hybridized carbons (Fsp3) is 0.200. The number of para-hydroxylation sites is 2. The smallest absolute Gasteiger partial charge is 0.253 e. The minimum Gasteiger partial charge on any atom is -0.495 e. The van der Waals surface area contributed by atoms with Gasteiger partial charge in [0.15, 0.2) is 5.11 Å². The van der Waals surface area contributed by atoms with Crippen LogP contribution >= 0.6 is 23.6 Å². The van der Waals surface area contributed by atoms with Crippen molar-refractivity contribution in [3.63, 3.8) is 0 Å². The van der Waals surface area contributed by atoms with Crippen molar-refractivity contribution in [3.05, 3.63) is 86.8 Å². The first-order valence-electron chi connectivity index (χ1n) is 10.6. The van der Waals surface area contributed by atoms with Crippen LogP contribution in [0.5, 0.6) is 11.5 Å². The number of hydrogen-bond acceptors (Lipinski definition) is 5. The molecule has 2 aromatic heterocycles. The Balaban J connectivity index is 1.64. The van der Waals surface area contributed by atoms with E-state index in [0.717, 1.165) is 27.2 Å². The van der Waals surface area contributed by atoms with Gasteiger partial charge in [0.2, 0.25) is 0 Å². The zero-order chi connectivity index (χ0) is 23.2. The van der Waals surface area contributed by atoms with Gasteiger partial charge in [0.1, 0.15) is 11.5 Å². The highest BCUT2D eigenvalue weighted by Crippen LogP contribution is 2.25. The summed E-state index contributed by atoms with van der Waals surface area (Å²) in [6.45, 7) is 3.46. The molecule has 0 aliphatic carbocycles. The molecular formula is C25H25N3O3S2. The number of thiocarbonyl (C=S) groups is 1. The lowest BCUT2D eigenvalue weighted by Crippen LogP contribution is -2.35. The monoisotopic (exact) mass is 479 g/mol. The first kappa shape index (κ1) is 22.8. The Labute approximate surface area is 201 Å². The molecule has 0 bridgehead atoms. The van der Waals surface area contributed by atoms with Gasteiger partial charge in [0.05, 0.1) is 32.5 Å². The third-order valence-electron chi connectivity index (χ3n) is 5.13. The molecule has 0 unspecified atom stereocenters.